The van der Waals surface area contributed by atoms with E-state index in [2.05, 4.69) is 37.2 Å². The summed E-state index contributed by atoms with van der Waals surface area (Å²) in [4.78, 5) is 7.61. The van der Waals surface area contributed by atoms with Crippen LogP contribution in [0.15, 0.2) is 47.6 Å². The zero-order valence-electron chi connectivity index (χ0n) is 14.4. The number of aromatic amines is 1. The number of benzene rings is 2. The Labute approximate surface area is 144 Å². The molecular weight excluding hydrogens is 322 g/mol. The maximum Gasteiger partial charge on any atom is 0.197 e. The molecule has 1 unspecified atom stereocenters. The topological polar surface area (TPSA) is 55.0 Å². The number of aromatic nitrogens is 2. The highest BCUT2D eigenvalue weighted by Gasteiger charge is 2.20. The van der Waals surface area contributed by atoms with Gasteiger partial charge in [0, 0.05) is 11.6 Å². The normalized spacial score (nSPS) is 13.2. The number of nitrogens with zero attached hydrogens (tertiary/aromatic N) is 2. The molecule has 0 spiro atoms. The number of nitrogens with one attached hydrogen (secondary N) is 1. The summed E-state index contributed by atoms with van der Waals surface area (Å²) in [5.41, 5.74) is 3.85. The van der Waals surface area contributed by atoms with Gasteiger partial charge in [0.25, 0.3) is 0 Å². The first kappa shape index (κ1) is 16.7. The number of imidazole rings is 1. The van der Waals surface area contributed by atoms with Crippen LogP contribution in [-0.4, -0.2) is 42.4 Å². The second kappa shape index (κ2) is 6.37. The van der Waals surface area contributed by atoms with E-state index in [9.17, 15) is 4.21 Å². The van der Waals surface area contributed by atoms with Crippen molar-refractivity contribution in [2.75, 3.05) is 28.3 Å². The van der Waals surface area contributed by atoms with Gasteiger partial charge in [-0.2, -0.15) is 0 Å². The zero-order chi connectivity index (χ0) is 17.3. The average molecular weight is 344 g/mol. The molecule has 0 aliphatic heterocycles. The van der Waals surface area contributed by atoms with E-state index in [0.717, 1.165) is 28.0 Å². The third-order valence-electron chi connectivity index (χ3n) is 3.88. The molecule has 126 valence electrons. The number of rotatable bonds is 5. The number of ether oxygens (including phenoxy) is 1. The molecule has 0 saturated heterocycles. The van der Waals surface area contributed by atoms with Gasteiger partial charge in [-0.05, 0) is 18.2 Å². The number of hydrogen-bond donors (Lipinski definition) is 1. The Morgan fingerprint density at radius 1 is 1.17 bits per heavy atom. The lowest BCUT2D eigenvalue weighted by Gasteiger charge is -2.25. The fourth-order valence-corrected chi connectivity index (χ4v) is 3.78. The van der Waals surface area contributed by atoms with Gasteiger partial charge in [-0.1, -0.05) is 18.2 Å². The molecule has 24 heavy (non-hydrogen) atoms. The largest absolute Gasteiger partial charge is 0.497 e. The lowest BCUT2D eigenvalue weighted by molar-refractivity contribution is 0.415. The highest BCUT2D eigenvalue weighted by molar-refractivity contribution is 7.84. The maximum absolute atomic E-state index is 12.8. The third-order valence-corrected chi connectivity index (χ3v) is 5.08. The smallest absolute Gasteiger partial charge is 0.197 e. The van der Waals surface area contributed by atoms with Crippen molar-refractivity contribution in [1.29, 1.82) is 0 Å². The highest BCUT2D eigenvalue weighted by Crippen LogP contribution is 2.26. The summed E-state index contributed by atoms with van der Waals surface area (Å²) >= 11 is 0. The van der Waals surface area contributed by atoms with E-state index >= 15 is 0 Å². The fourth-order valence-electron chi connectivity index (χ4n) is 2.70. The van der Waals surface area contributed by atoms with Gasteiger partial charge in [-0.25, -0.2) is 4.98 Å². The minimum absolute atomic E-state index is 0.433. The molecule has 2 aromatic carbocycles. The molecule has 1 aromatic heterocycles. The highest BCUT2D eigenvalue weighted by atomic mass is 32.2. The Balaban J connectivity index is 1.91. The number of fused-ring (bicyclic) bond motifs is 1. The average Bonchev–Trinajstić information content (AvgIpc) is 2.97. The Bertz CT molecular complexity index is 897. The van der Waals surface area contributed by atoms with Crippen molar-refractivity contribution < 1.29 is 8.95 Å². The molecule has 3 rings (SSSR count). The molecule has 0 aliphatic carbocycles. The lowest BCUT2D eigenvalue weighted by Crippen LogP contribution is -2.35. The predicted molar refractivity (Wildman–Crippen MR) is 98.8 cm³/mol. The predicted octanol–water partition coefficient (Wildman–Crippen LogP) is 3.08. The van der Waals surface area contributed by atoms with Gasteiger partial charge in [0.05, 0.1) is 55.8 Å². The summed E-state index contributed by atoms with van der Waals surface area (Å²) in [5, 5.41) is 0.495. The maximum atomic E-state index is 12.8. The summed E-state index contributed by atoms with van der Waals surface area (Å²) in [7, 11) is 6.70. The minimum Gasteiger partial charge on any atom is -0.497 e. The second-order valence-corrected chi connectivity index (χ2v) is 7.92. The van der Waals surface area contributed by atoms with Crippen LogP contribution < -0.4 is 9.22 Å². The summed E-state index contributed by atoms with van der Waals surface area (Å²) in [6.45, 7) is 0. The van der Waals surface area contributed by atoms with Crippen molar-refractivity contribution in [2.45, 2.75) is 10.9 Å². The number of H-pyrrole nitrogens is 1. The number of hydrogen-bond acceptors (Lipinski definition) is 3. The molecule has 6 heteroatoms. The Kier molecular flexibility index (Phi) is 4.43. The molecule has 0 amide bonds. The first-order valence-electron chi connectivity index (χ1n) is 7.70. The van der Waals surface area contributed by atoms with Gasteiger partial charge in [-0.3, -0.25) is 8.69 Å². The van der Waals surface area contributed by atoms with Crippen LogP contribution in [0, 0.1) is 0 Å². The lowest BCUT2D eigenvalue weighted by atomic mass is 10.2. The van der Waals surface area contributed by atoms with E-state index in [4.69, 9.17) is 4.74 Å². The Morgan fingerprint density at radius 2 is 1.92 bits per heavy atom. The van der Waals surface area contributed by atoms with Crippen molar-refractivity contribution >= 4 is 27.5 Å². The number of para-hydroxylation sites is 1. The van der Waals surface area contributed by atoms with Crippen LogP contribution in [0.5, 0.6) is 5.75 Å². The van der Waals surface area contributed by atoms with Crippen LogP contribution in [-0.2, 0) is 16.6 Å². The van der Waals surface area contributed by atoms with E-state index in [0.29, 0.717) is 15.4 Å². The quantitative estimate of drug-likeness (QED) is 0.724. The van der Waals surface area contributed by atoms with Crippen molar-refractivity contribution in [3.8, 4) is 5.75 Å². The summed E-state index contributed by atoms with van der Waals surface area (Å²) in [6, 6.07) is 13.7. The van der Waals surface area contributed by atoms with Crippen LogP contribution in [0.1, 0.15) is 5.56 Å². The van der Waals surface area contributed by atoms with Gasteiger partial charge in [0.15, 0.2) is 5.16 Å². The summed E-state index contributed by atoms with van der Waals surface area (Å²) in [5.74, 6) is 1.18. The molecule has 0 saturated carbocycles. The molecule has 0 fully saturated rings. The molecule has 0 radical (unpaired) electrons. The molecule has 1 heterocycles. The number of methoxy groups -OCH3 is 1. The van der Waals surface area contributed by atoms with Crippen LogP contribution in [0.3, 0.4) is 0 Å². The van der Waals surface area contributed by atoms with Crippen LogP contribution in [0.4, 0.5) is 5.69 Å². The molecule has 5 nitrogen and oxygen atoms in total. The van der Waals surface area contributed by atoms with Gasteiger partial charge in [-0.15, -0.1) is 0 Å². The zero-order valence-corrected chi connectivity index (χ0v) is 15.2. The SMILES string of the molecule is COc1ccc2nc(S(=O)Cc3ccccc3[N+](C)(C)C)[nH]c2c1. The molecule has 0 aliphatic rings. The minimum atomic E-state index is -1.24. The van der Waals surface area contributed by atoms with Gasteiger partial charge in [0.1, 0.15) is 11.4 Å². The monoisotopic (exact) mass is 344 g/mol. The Morgan fingerprint density at radius 3 is 2.62 bits per heavy atom. The van der Waals surface area contributed by atoms with E-state index in [1.807, 2.05) is 36.4 Å². The van der Waals surface area contributed by atoms with Gasteiger partial charge in [0.2, 0.25) is 0 Å². The Hall–Kier alpha value is -2.18. The molecular formula is C18H22N3O2S+. The van der Waals surface area contributed by atoms with Gasteiger partial charge >= 0.3 is 0 Å². The first-order valence-corrected chi connectivity index (χ1v) is 9.02. The first-order chi connectivity index (χ1) is 11.4. The standard InChI is InChI=1S/C18H22N3O2S/c1-21(2,3)17-8-6-5-7-13(17)12-24(22)18-19-15-10-9-14(23-4)11-16(15)20-18/h5-11H,12H2,1-4H3,(H,19,20)/q+1. The number of quaternary nitrogens is 1. The van der Waals surface area contributed by atoms with Crippen molar-refractivity contribution in [1.82, 2.24) is 14.5 Å². The van der Waals surface area contributed by atoms with Crippen LogP contribution in [0.2, 0.25) is 0 Å². The fraction of sp³-hybridized carbons (Fsp3) is 0.278. The molecule has 0 bridgehead atoms. The van der Waals surface area contributed by atoms with Crippen molar-refractivity contribution in [2.24, 2.45) is 0 Å². The van der Waals surface area contributed by atoms with Crippen molar-refractivity contribution in [3.63, 3.8) is 0 Å². The van der Waals surface area contributed by atoms with E-state index in [1.54, 1.807) is 7.11 Å². The molecule has 3 aromatic rings. The third kappa shape index (κ3) is 3.34. The second-order valence-electron chi connectivity index (χ2n) is 6.56. The summed E-state index contributed by atoms with van der Waals surface area (Å²) < 4.78 is 18.7. The van der Waals surface area contributed by atoms with Crippen LogP contribution >= 0.6 is 0 Å². The van der Waals surface area contributed by atoms with Crippen molar-refractivity contribution in [3.05, 3.63) is 48.0 Å². The van der Waals surface area contributed by atoms with E-state index in [1.165, 1.54) is 0 Å². The van der Waals surface area contributed by atoms with E-state index < -0.39 is 10.8 Å². The molecule has 1 N–H and O–H groups in total. The summed E-state index contributed by atoms with van der Waals surface area (Å²) in [6.07, 6.45) is 0. The van der Waals surface area contributed by atoms with Gasteiger partial charge < -0.3 is 9.72 Å². The van der Waals surface area contributed by atoms with Crippen LogP contribution in [0.25, 0.3) is 11.0 Å². The molecule has 1 atom stereocenters. The van der Waals surface area contributed by atoms with E-state index in [-0.39, 0.29) is 0 Å².